The van der Waals surface area contributed by atoms with Crippen molar-refractivity contribution in [3.05, 3.63) is 50.9 Å². The van der Waals surface area contributed by atoms with E-state index in [1.165, 1.54) is 23.5 Å². The fourth-order valence-electron chi connectivity index (χ4n) is 1.76. The van der Waals surface area contributed by atoms with Crippen molar-refractivity contribution < 1.29 is 23.5 Å². The number of esters is 1. The minimum atomic E-state index is -0.756. The predicted molar refractivity (Wildman–Crippen MR) is 92.4 cm³/mol. The Labute approximate surface area is 151 Å². The van der Waals surface area contributed by atoms with Gasteiger partial charge in [0, 0.05) is 10.6 Å². The second-order valence-electron chi connectivity index (χ2n) is 4.93. The summed E-state index contributed by atoms with van der Waals surface area (Å²) in [6.07, 6.45) is 0. The van der Waals surface area contributed by atoms with Crippen molar-refractivity contribution in [3.63, 3.8) is 0 Å². The topological polar surface area (TPSA) is 84.5 Å². The Morgan fingerprint density at radius 3 is 2.64 bits per heavy atom. The minimum Gasteiger partial charge on any atom is -0.454 e. The maximum Gasteiger partial charge on any atom is 0.325 e. The molecule has 2 aromatic rings. The van der Waals surface area contributed by atoms with Crippen LogP contribution in [0.25, 0.3) is 0 Å². The first-order chi connectivity index (χ1) is 11.8. The second-order valence-corrected chi connectivity index (χ2v) is 6.63. The molecule has 9 heteroatoms. The molecule has 0 unspecified atom stereocenters. The van der Waals surface area contributed by atoms with Gasteiger partial charge in [-0.25, -0.2) is 4.39 Å². The number of thiophene rings is 1. The first kappa shape index (κ1) is 18.9. The highest BCUT2D eigenvalue weighted by Gasteiger charge is 2.12. The Balaban J connectivity index is 1.72. The van der Waals surface area contributed by atoms with Gasteiger partial charge in [0.15, 0.2) is 6.61 Å². The molecular weight excluding hydrogens is 371 g/mol. The lowest BCUT2D eigenvalue weighted by molar-refractivity contribution is -0.146. The van der Waals surface area contributed by atoms with Crippen molar-refractivity contribution in [2.45, 2.75) is 6.92 Å². The summed E-state index contributed by atoms with van der Waals surface area (Å²) in [4.78, 5) is 36.5. The van der Waals surface area contributed by atoms with Gasteiger partial charge in [0.1, 0.15) is 12.4 Å². The van der Waals surface area contributed by atoms with Crippen LogP contribution in [-0.4, -0.2) is 30.9 Å². The smallest absolute Gasteiger partial charge is 0.325 e. The van der Waals surface area contributed by atoms with E-state index in [4.69, 9.17) is 16.3 Å². The maximum atomic E-state index is 13.0. The van der Waals surface area contributed by atoms with E-state index in [0.29, 0.717) is 4.88 Å². The number of ether oxygens (including phenoxy) is 1. The van der Waals surface area contributed by atoms with Crippen molar-refractivity contribution in [2.75, 3.05) is 18.5 Å². The summed E-state index contributed by atoms with van der Waals surface area (Å²) >= 11 is 6.90. The molecule has 0 bridgehead atoms. The van der Waals surface area contributed by atoms with Gasteiger partial charge >= 0.3 is 5.97 Å². The Kier molecular flexibility index (Phi) is 6.49. The number of hydrogen-bond donors (Lipinski definition) is 2. The molecule has 25 heavy (non-hydrogen) atoms. The van der Waals surface area contributed by atoms with Gasteiger partial charge in [0.2, 0.25) is 0 Å². The molecule has 6 nitrogen and oxygen atoms in total. The molecule has 0 radical (unpaired) electrons. The molecule has 1 aromatic heterocycles. The largest absolute Gasteiger partial charge is 0.454 e. The number of anilines is 1. The molecule has 0 fully saturated rings. The van der Waals surface area contributed by atoms with E-state index in [1.54, 1.807) is 12.1 Å². The molecule has 0 spiro atoms. The standard InChI is InChI=1S/C16H14ClFN2O4S/c1-9-2-5-13(25-9)16(23)19-7-15(22)24-8-14(21)20-10-3-4-12(18)11(17)6-10/h2-6H,7-8H2,1H3,(H,19,23)(H,20,21). The molecule has 2 rings (SSSR count). The van der Waals surface area contributed by atoms with Crippen molar-refractivity contribution in [3.8, 4) is 0 Å². The number of carbonyl (C=O) groups is 3. The van der Waals surface area contributed by atoms with Gasteiger partial charge < -0.3 is 15.4 Å². The van der Waals surface area contributed by atoms with Crippen LogP contribution in [0.2, 0.25) is 5.02 Å². The zero-order valence-corrected chi connectivity index (χ0v) is 14.7. The monoisotopic (exact) mass is 384 g/mol. The molecule has 0 atom stereocenters. The van der Waals surface area contributed by atoms with Crippen LogP contribution in [0.15, 0.2) is 30.3 Å². The number of benzene rings is 1. The lowest BCUT2D eigenvalue weighted by atomic mass is 10.3. The molecule has 0 saturated heterocycles. The molecular formula is C16H14ClFN2O4S. The van der Waals surface area contributed by atoms with E-state index < -0.39 is 24.3 Å². The number of amides is 2. The highest BCUT2D eigenvalue weighted by molar-refractivity contribution is 7.13. The average Bonchev–Trinajstić information content (AvgIpc) is 3.00. The fourth-order valence-corrected chi connectivity index (χ4v) is 2.73. The van der Waals surface area contributed by atoms with Gasteiger partial charge in [0.05, 0.1) is 9.90 Å². The number of aryl methyl sites for hydroxylation is 1. The highest BCUT2D eigenvalue weighted by atomic mass is 35.5. The SMILES string of the molecule is Cc1ccc(C(=O)NCC(=O)OCC(=O)Nc2ccc(F)c(Cl)c2)s1. The molecule has 1 heterocycles. The summed E-state index contributed by atoms with van der Waals surface area (Å²) < 4.78 is 17.8. The molecule has 132 valence electrons. The van der Waals surface area contributed by atoms with Gasteiger partial charge in [-0.1, -0.05) is 11.6 Å². The number of carbonyl (C=O) groups excluding carboxylic acids is 3. The predicted octanol–water partition coefficient (Wildman–Crippen LogP) is 2.76. The minimum absolute atomic E-state index is 0.138. The van der Waals surface area contributed by atoms with Crippen molar-refractivity contribution in [2.24, 2.45) is 0 Å². The van der Waals surface area contributed by atoms with Crippen molar-refractivity contribution >= 4 is 46.4 Å². The van der Waals surface area contributed by atoms with Crippen LogP contribution in [-0.2, 0) is 14.3 Å². The zero-order chi connectivity index (χ0) is 18.4. The molecule has 1 aromatic carbocycles. The van der Waals surface area contributed by atoms with Crippen LogP contribution in [0.4, 0.5) is 10.1 Å². The summed E-state index contributed by atoms with van der Waals surface area (Å²) in [5.41, 5.74) is 0.272. The van der Waals surface area contributed by atoms with Crippen LogP contribution in [0.1, 0.15) is 14.5 Å². The quantitative estimate of drug-likeness (QED) is 0.750. The van der Waals surface area contributed by atoms with Crippen molar-refractivity contribution in [1.82, 2.24) is 5.32 Å². The van der Waals surface area contributed by atoms with Gasteiger partial charge in [-0.05, 0) is 37.3 Å². The molecule has 0 saturated carbocycles. The third kappa shape index (κ3) is 5.84. The zero-order valence-electron chi connectivity index (χ0n) is 13.1. The molecule has 2 N–H and O–H groups in total. The van der Waals surface area contributed by atoms with Crippen molar-refractivity contribution in [1.29, 1.82) is 0 Å². The Hall–Kier alpha value is -2.45. The van der Waals surface area contributed by atoms with Gasteiger partial charge in [-0.15, -0.1) is 11.3 Å². The summed E-state index contributed by atoms with van der Waals surface area (Å²) in [7, 11) is 0. The fraction of sp³-hybridized carbons (Fsp3) is 0.188. The van der Waals surface area contributed by atoms with E-state index in [2.05, 4.69) is 10.6 Å². The molecule has 0 aliphatic rings. The summed E-state index contributed by atoms with van der Waals surface area (Å²) in [5.74, 6) is -2.37. The van der Waals surface area contributed by atoms with Crippen LogP contribution in [0, 0.1) is 12.7 Å². The Bertz CT molecular complexity index is 809. The lowest BCUT2D eigenvalue weighted by Crippen LogP contribution is -2.31. The summed E-state index contributed by atoms with van der Waals surface area (Å²) in [5, 5.41) is 4.67. The van der Waals surface area contributed by atoms with E-state index in [-0.39, 0.29) is 23.2 Å². The third-order valence-electron chi connectivity index (χ3n) is 2.93. The molecule has 0 aliphatic carbocycles. The highest BCUT2D eigenvalue weighted by Crippen LogP contribution is 2.19. The molecule has 2 amide bonds. The third-order valence-corrected chi connectivity index (χ3v) is 4.21. The number of halogens is 2. The summed E-state index contributed by atoms with van der Waals surface area (Å²) in [6, 6.07) is 7.11. The van der Waals surface area contributed by atoms with Gasteiger partial charge in [-0.2, -0.15) is 0 Å². The van der Waals surface area contributed by atoms with E-state index in [9.17, 15) is 18.8 Å². The van der Waals surface area contributed by atoms with Gasteiger partial charge in [0.25, 0.3) is 11.8 Å². The first-order valence-electron chi connectivity index (χ1n) is 7.10. The van der Waals surface area contributed by atoms with Crippen LogP contribution in [0.3, 0.4) is 0 Å². The Morgan fingerprint density at radius 1 is 1.24 bits per heavy atom. The average molecular weight is 385 g/mol. The maximum absolute atomic E-state index is 13.0. The van der Waals surface area contributed by atoms with E-state index in [0.717, 1.165) is 10.9 Å². The number of hydrogen-bond acceptors (Lipinski definition) is 5. The van der Waals surface area contributed by atoms with E-state index in [1.807, 2.05) is 6.92 Å². The normalized spacial score (nSPS) is 10.2. The van der Waals surface area contributed by atoms with Crippen LogP contribution < -0.4 is 10.6 Å². The second kappa shape index (κ2) is 8.59. The Morgan fingerprint density at radius 2 is 2.00 bits per heavy atom. The lowest BCUT2D eigenvalue weighted by Gasteiger charge is -2.07. The van der Waals surface area contributed by atoms with Crippen LogP contribution >= 0.6 is 22.9 Å². The number of rotatable bonds is 6. The van der Waals surface area contributed by atoms with Crippen LogP contribution in [0.5, 0.6) is 0 Å². The first-order valence-corrected chi connectivity index (χ1v) is 8.30. The summed E-state index contributed by atoms with van der Waals surface area (Å²) in [6.45, 7) is 0.968. The van der Waals surface area contributed by atoms with Gasteiger partial charge in [-0.3, -0.25) is 14.4 Å². The number of nitrogens with one attached hydrogen (secondary N) is 2. The van der Waals surface area contributed by atoms with E-state index >= 15 is 0 Å². The molecule has 0 aliphatic heterocycles.